The SMILES string of the molecule is CNc1cc(-c2cccc(Cl)c2)sc1C(C)=O. The van der Waals surface area contributed by atoms with Gasteiger partial charge in [0.05, 0.1) is 10.6 Å². The maximum Gasteiger partial charge on any atom is 0.171 e. The molecule has 0 bridgehead atoms. The maximum atomic E-state index is 11.5. The van der Waals surface area contributed by atoms with Crippen LogP contribution in [0, 0.1) is 0 Å². The van der Waals surface area contributed by atoms with Gasteiger partial charge >= 0.3 is 0 Å². The fourth-order valence-corrected chi connectivity index (χ4v) is 2.87. The van der Waals surface area contributed by atoms with Crippen LogP contribution in [0.4, 0.5) is 5.69 Å². The van der Waals surface area contributed by atoms with Gasteiger partial charge in [0.25, 0.3) is 0 Å². The Labute approximate surface area is 109 Å². The van der Waals surface area contributed by atoms with Crippen molar-refractivity contribution in [1.82, 2.24) is 0 Å². The van der Waals surface area contributed by atoms with Crippen molar-refractivity contribution in [2.45, 2.75) is 6.92 Å². The Bertz CT molecular complexity index is 562. The van der Waals surface area contributed by atoms with Crippen LogP contribution in [0.5, 0.6) is 0 Å². The summed E-state index contributed by atoms with van der Waals surface area (Å²) < 4.78 is 0. The number of rotatable bonds is 3. The van der Waals surface area contributed by atoms with Gasteiger partial charge in [-0.15, -0.1) is 11.3 Å². The third-order valence-electron chi connectivity index (χ3n) is 2.43. The number of hydrogen-bond acceptors (Lipinski definition) is 3. The first-order valence-electron chi connectivity index (χ1n) is 5.20. The molecule has 0 radical (unpaired) electrons. The number of hydrogen-bond donors (Lipinski definition) is 1. The monoisotopic (exact) mass is 265 g/mol. The lowest BCUT2D eigenvalue weighted by molar-refractivity contribution is 0.102. The van der Waals surface area contributed by atoms with Crippen LogP contribution in [0.2, 0.25) is 5.02 Å². The molecule has 4 heteroatoms. The van der Waals surface area contributed by atoms with Gasteiger partial charge in [-0.25, -0.2) is 0 Å². The van der Waals surface area contributed by atoms with Crippen molar-refractivity contribution in [1.29, 1.82) is 0 Å². The first-order chi connectivity index (χ1) is 8.11. The average molecular weight is 266 g/mol. The summed E-state index contributed by atoms with van der Waals surface area (Å²) in [6.45, 7) is 1.58. The molecule has 0 aliphatic rings. The average Bonchev–Trinajstić information content (AvgIpc) is 2.73. The molecule has 1 heterocycles. The Morgan fingerprint density at radius 1 is 1.35 bits per heavy atom. The summed E-state index contributed by atoms with van der Waals surface area (Å²) in [5, 5.41) is 3.74. The predicted octanol–water partition coefficient (Wildman–Crippen LogP) is 4.31. The van der Waals surface area contributed by atoms with Gasteiger partial charge in [-0.05, 0) is 23.8 Å². The lowest BCUT2D eigenvalue weighted by Gasteiger charge is -1.97. The molecule has 88 valence electrons. The normalized spacial score (nSPS) is 10.3. The molecule has 0 aliphatic heterocycles. The predicted molar refractivity (Wildman–Crippen MR) is 74.3 cm³/mol. The van der Waals surface area contributed by atoms with Gasteiger partial charge in [0.1, 0.15) is 0 Å². The second kappa shape index (κ2) is 4.90. The Hall–Kier alpha value is -1.32. The number of carbonyl (C=O) groups excluding carboxylic acids is 1. The van der Waals surface area contributed by atoms with Gasteiger partial charge in [0.15, 0.2) is 5.78 Å². The van der Waals surface area contributed by atoms with Crippen LogP contribution in [-0.2, 0) is 0 Å². The first-order valence-corrected chi connectivity index (χ1v) is 6.39. The van der Waals surface area contributed by atoms with E-state index in [4.69, 9.17) is 11.6 Å². The number of Topliss-reactive ketones (excluding diaryl/α,β-unsaturated/α-hetero) is 1. The molecule has 0 amide bonds. The third kappa shape index (κ3) is 2.51. The van der Waals surface area contributed by atoms with Crippen LogP contribution < -0.4 is 5.32 Å². The van der Waals surface area contributed by atoms with Crippen molar-refractivity contribution >= 4 is 34.4 Å². The Morgan fingerprint density at radius 2 is 2.12 bits per heavy atom. The summed E-state index contributed by atoms with van der Waals surface area (Å²) in [6.07, 6.45) is 0. The van der Waals surface area contributed by atoms with Crippen molar-refractivity contribution in [2.24, 2.45) is 0 Å². The maximum absolute atomic E-state index is 11.5. The minimum atomic E-state index is 0.0765. The van der Waals surface area contributed by atoms with E-state index in [0.717, 1.165) is 21.0 Å². The van der Waals surface area contributed by atoms with Crippen LogP contribution in [0.1, 0.15) is 16.6 Å². The molecule has 0 saturated heterocycles. The second-order valence-electron chi connectivity index (χ2n) is 3.67. The summed E-state index contributed by atoms with van der Waals surface area (Å²) in [4.78, 5) is 13.3. The molecule has 2 nitrogen and oxygen atoms in total. The summed E-state index contributed by atoms with van der Waals surface area (Å²) in [5.74, 6) is 0.0765. The summed E-state index contributed by atoms with van der Waals surface area (Å²) in [6, 6.07) is 9.61. The topological polar surface area (TPSA) is 29.1 Å². The molecule has 1 aromatic carbocycles. The Morgan fingerprint density at radius 3 is 2.65 bits per heavy atom. The smallest absolute Gasteiger partial charge is 0.171 e. The molecular weight excluding hydrogens is 254 g/mol. The van der Waals surface area contributed by atoms with Crippen LogP contribution in [0.25, 0.3) is 10.4 Å². The molecule has 0 atom stereocenters. The fraction of sp³-hybridized carbons (Fsp3) is 0.154. The van der Waals surface area contributed by atoms with Crippen LogP contribution in [0.15, 0.2) is 30.3 Å². The number of ketones is 1. The zero-order valence-electron chi connectivity index (χ0n) is 9.58. The van der Waals surface area contributed by atoms with Gasteiger partial charge in [-0.1, -0.05) is 23.7 Å². The molecule has 0 aliphatic carbocycles. The third-order valence-corrected chi connectivity index (χ3v) is 3.95. The van der Waals surface area contributed by atoms with Crippen molar-refractivity contribution in [3.05, 3.63) is 40.2 Å². The van der Waals surface area contributed by atoms with Gasteiger partial charge in [-0.3, -0.25) is 4.79 Å². The van der Waals surface area contributed by atoms with Crippen molar-refractivity contribution in [2.75, 3.05) is 12.4 Å². The molecular formula is C13H12ClNOS. The molecule has 17 heavy (non-hydrogen) atoms. The van der Waals surface area contributed by atoms with Crippen molar-refractivity contribution in [3.63, 3.8) is 0 Å². The van der Waals surface area contributed by atoms with Gasteiger partial charge in [-0.2, -0.15) is 0 Å². The van der Waals surface area contributed by atoms with Crippen LogP contribution in [0.3, 0.4) is 0 Å². The van der Waals surface area contributed by atoms with E-state index in [1.54, 1.807) is 6.92 Å². The highest BCUT2D eigenvalue weighted by atomic mass is 35.5. The lowest BCUT2D eigenvalue weighted by Crippen LogP contribution is -1.94. The minimum Gasteiger partial charge on any atom is -0.387 e. The molecule has 1 N–H and O–H groups in total. The van der Waals surface area contributed by atoms with E-state index < -0.39 is 0 Å². The quantitative estimate of drug-likeness (QED) is 0.838. The van der Waals surface area contributed by atoms with Crippen LogP contribution >= 0.6 is 22.9 Å². The number of benzene rings is 1. The number of thiophene rings is 1. The second-order valence-corrected chi connectivity index (χ2v) is 5.16. The number of halogens is 1. The van der Waals surface area contributed by atoms with Gasteiger partial charge in [0, 0.05) is 23.9 Å². The summed E-state index contributed by atoms with van der Waals surface area (Å²) >= 11 is 7.44. The van der Waals surface area contributed by atoms with E-state index in [2.05, 4.69) is 5.32 Å². The number of carbonyl (C=O) groups is 1. The van der Waals surface area contributed by atoms with E-state index >= 15 is 0 Å². The molecule has 2 aromatic rings. The standard InChI is InChI=1S/C13H12ClNOS/c1-8(16)13-11(15-2)7-12(17-13)9-4-3-5-10(14)6-9/h3-7,15H,1-2H3. The molecule has 2 rings (SSSR count). The van der Waals surface area contributed by atoms with Crippen molar-refractivity contribution < 1.29 is 4.79 Å². The molecule has 0 spiro atoms. The summed E-state index contributed by atoms with van der Waals surface area (Å²) in [7, 11) is 1.82. The molecule has 0 unspecified atom stereocenters. The summed E-state index contributed by atoms with van der Waals surface area (Å²) in [5.41, 5.74) is 1.91. The fourth-order valence-electron chi connectivity index (χ4n) is 1.62. The molecule has 1 aromatic heterocycles. The van der Waals surface area contributed by atoms with E-state index in [1.807, 2.05) is 37.4 Å². The van der Waals surface area contributed by atoms with E-state index in [-0.39, 0.29) is 5.78 Å². The highest BCUT2D eigenvalue weighted by molar-refractivity contribution is 7.18. The lowest BCUT2D eigenvalue weighted by atomic mass is 10.2. The Balaban J connectivity index is 2.50. The van der Waals surface area contributed by atoms with Gasteiger partial charge in [0.2, 0.25) is 0 Å². The van der Waals surface area contributed by atoms with Crippen molar-refractivity contribution in [3.8, 4) is 10.4 Å². The Kier molecular flexibility index (Phi) is 3.50. The van der Waals surface area contributed by atoms with E-state index in [1.165, 1.54) is 11.3 Å². The minimum absolute atomic E-state index is 0.0765. The zero-order valence-corrected chi connectivity index (χ0v) is 11.2. The highest BCUT2D eigenvalue weighted by Gasteiger charge is 2.12. The highest BCUT2D eigenvalue weighted by Crippen LogP contribution is 2.35. The molecule has 0 saturated carbocycles. The largest absolute Gasteiger partial charge is 0.387 e. The van der Waals surface area contributed by atoms with Crippen LogP contribution in [-0.4, -0.2) is 12.8 Å². The number of nitrogens with one attached hydrogen (secondary N) is 1. The van der Waals surface area contributed by atoms with Gasteiger partial charge < -0.3 is 5.32 Å². The number of anilines is 1. The van der Waals surface area contributed by atoms with E-state index in [9.17, 15) is 4.79 Å². The van der Waals surface area contributed by atoms with E-state index in [0.29, 0.717) is 5.02 Å². The zero-order chi connectivity index (χ0) is 12.4. The first kappa shape index (κ1) is 12.1. The molecule has 0 fully saturated rings.